The van der Waals surface area contributed by atoms with Crippen molar-refractivity contribution in [2.45, 2.75) is 43.6 Å². The van der Waals surface area contributed by atoms with Gasteiger partial charge in [-0.25, -0.2) is 0 Å². The molecule has 0 radical (unpaired) electrons. The van der Waals surface area contributed by atoms with Crippen LogP contribution < -0.4 is 0 Å². The minimum atomic E-state index is 0.0178. The first-order chi connectivity index (χ1) is 13.7. The lowest BCUT2D eigenvalue weighted by molar-refractivity contribution is -0.135. The number of carbonyl (C=O) groups excluding carboxylic acids is 1. The third-order valence-corrected chi connectivity index (χ3v) is 7.09. The summed E-state index contributed by atoms with van der Waals surface area (Å²) < 4.78 is 0. The van der Waals surface area contributed by atoms with E-state index in [9.17, 15) is 4.79 Å². The van der Waals surface area contributed by atoms with Gasteiger partial charge in [0.2, 0.25) is 5.91 Å². The lowest BCUT2D eigenvalue weighted by atomic mass is 9.73. The van der Waals surface area contributed by atoms with Gasteiger partial charge < -0.3 is 4.90 Å². The molecule has 152 valence electrons. The fraction of sp³-hybridized carbons (Fsp3) is 0.652. The molecule has 0 aromatic heterocycles. The molecule has 0 atom stereocenters. The molecule has 3 aliphatic rings. The van der Waals surface area contributed by atoms with Crippen LogP contribution in [0.2, 0.25) is 0 Å². The zero-order valence-electron chi connectivity index (χ0n) is 17.2. The van der Waals surface area contributed by atoms with Crippen LogP contribution in [0.1, 0.15) is 37.7 Å². The van der Waals surface area contributed by atoms with Crippen molar-refractivity contribution in [3.05, 3.63) is 35.9 Å². The number of piperazine rings is 1. The molecule has 2 saturated heterocycles. The third-order valence-electron chi connectivity index (χ3n) is 7.09. The van der Waals surface area contributed by atoms with Crippen molar-refractivity contribution in [2.75, 3.05) is 52.9 Å². The van der Waals surface area contributed by atoms with Gasteiger partial charge in [-0.2, -0.15) is 0 Å². The molecule has 3 fully saturated rings. The minimum absolute atomic E-state index is 0.0178. The van der Waals surface area contributed by atoms with Gasteiger partial charge in [0.05, 0.1) is 6.54 Å². The highest BCUT2D eigenvalue weighted by atomic mass is 16.2. The first kappa shape index (κ1) is 19.6. The van der Waals surface area contributed by atoms with E-state index in [4.69, 9.17) is 0 Å². The summed E-state index contributed by atoms with van der Waals surface area (Å²) >= 11 is 0. The summed E-state index contributed by atoms with van der Waals surface area (Å²) in [6, 6.07) is 11.5. The number of aliphatic imine (C=N–C) groups is 1. The summed E-state index contributed by atoms with van der Waals surface area (Å²) in [7, 11) is 1.86. The minimum Gasteiger partial charge on any atom is -0.339 e. The van der Waals surface area contributed by atoms with Crippen molar-refractivity contribution in [1.29, 1.82) is 0 Å². The molecule has 0 spiro atoms. The lowest BCUT2D eigenvalue weighted by Gasteiger charge is -2.44. The molecule has 5 heteroatoms. The van der Waals surface area contributed by atoms with Crippen LogP contribution in [0.25, 0.3) is 0 Å². The zero-order valence-corrected chi connectivity index (χ0v) is 17.2. The second-order valence-corrected chi connectivity index (χ2v) is 8.69. The van der Waals surface area contributed by atoms with Gasteiger partial charge in [-0.05, 0) is 44.3 Å². The Balaban J connectivity index is 1.28. The molecular formula is C23H34N4O. The molecule has 0 N–H and O–H groups in total. The van der Waals surface area contributed by atoms with Gasteiger partial charge in [0.15, 0.2) is 0 Å². The van der Waals surface area contributed by atoms with E-state index in [0.717, 1.165) is 58.2 Å². The molecule has 0 unspecified atom stereocenters. The van der Waals surface area contributed by atoms with Crippen molar-refractivity contribution < 1.29 is 4.79 Å². The van der Waals surface area contributed by atoms with Crippen LogP contribution in [0.4, 0.5) is 0 Å². The number of piperidine rings is 1. The maximum atomic E-state index is 12.8. The van der Waals surface area contributed by atoms with Crippen LogP contribution in [-0.2, 0) is 10.2 Å². The maximum Gasteiger partial charge on any atom is 0.236 e. The van der Waals surface area contributed by atoms with Gasteiger partial charge >= 0.3 is 0 Å². The molecule has 2 aliphatic heterocycles. The predicted octanol–water partition coefficient (Wildman–Crippen LogP) is 2.42. The van der Waals surface area contributed by atoms with E-state index >= 15 is 0 Å². The van der Waals surface area contributed by atoms with Crippen molar-refractivity contribution in [1.82, 2.24) is 14.7 Å². The van der Waals surface area contributed by atoms with Crippen molar-refractivity contribution in [2.24, 2.45) is 4.99 Å². The summed E-state index contributed by atoms with van der Waals surface area (Å²) in [6.07, 6.45) is 8.26. The van der Waals surface area contributed by atoms with E-state index in [-0.39, 0.29) is 5.41 Å². The van der Waals surface area contributed by atoms with Gasteiger partial charge in [0.25, 0.3) is 0 Å². The Labute approximate surface area is 169 Å². The van der Waals surface area contributed by atoms with E-state index in [2.05, 4.69) is 56.2 Å². The average Bonchev–Trinajstić information content (AvgIpc) is 2.70. The monoisotopic (exact) mass is 382 g/mol. The molecule has 1 saturated carbocycles. The van der Waals surface area contributed by atoms with Gasteiger partial charge in [0.1, 0.15) is 0 Å². The normalized spacial score (nSPS) is 24.4. The molecule has 1 aliphatic carbocycles. The largest absolute Gasteiger partial charge is 0.339 e. The second kappa shape index (κ2) is 8.75. The maximum absolute atomic E-state index is 12.8. The number of amides is 1. The highest BCUT2D eigenvalue weighted by molar-refractivity contribution is 5.78. The Hall–Kier alpha value is -1.72. The summed E-state index contributed by atoms with van der Waals surface area (Å²) in [5.74, 6) is 0.310. The average molecular weight is 383 g/mol. The van der Waals surface area contributed by atoms with Gasteiger partial charge in [-0.1, -0.05) is 36.8 Å². The number of hydrogen-bond acceptors (Lipinski definition) is 4. The number of rotatable bonds is 5. The molecule has 0 bridgehead atoms. The Morgan fingerprint density at radius 2 is 1.75 bits per heavy atom. The Kier molecular flexibility index (Phi) is 6.12. The first-order valence-corrected chi connectivity index (χ1v) is 10.9. The van der Waals surface area contributed by atoms with Gasteiger partial charge in [0, 0.05) is 50.9 Å². The fourth-order valence-corrected chi connectivity index (χ4v) is 5.00. The second-order valence-electron chi connectivity index (χ2n) is 8.69. The smallest absolute Gasteiger partial charge is 0.236 e. The molecule has 1 amide bonds. The highest BCUT2D eigenvalue weighted by Gasteiger charge is 2.36. The van der Waals surface area contributed by atoms with Crippen LogP contribution in [0.5, 0.6) is 0 Å². The summed E-state index contributed by atoms with van der Waals surface area (Å²) in [5.41, 5.74) is 1.36. The number of benzene rings is 1. The topological polar surface area (TPSA) is 39.2 Å². The van der Waals surface area contributed by atoms with Crippen LogP contribution in [0.3, 0.4) is 0 Å². The third kappa shape index (κ3) is 4.15. The molecule has 4 rings (SSSR count). The van der Waals surface area contributed by atoms with E-state index in [1.54, 1.807) is 0 Å². The van der Waals surface area contributed by atoms with Crippen LogP contribution in [-0.4, -0.2) is 85.7 Å². The number of nitrogens with zero attached hydrogens (tertiary/aromatic N) is 4. The van der Waals surface area contributed by atoms with Crippen LogP contribution in [0.15, 0.2) is 35.3 Å². The highest BCUT2D eigenvalue weighted by Crippen LogP contribution is 2.34. The predicted molar refractivity (Wildman–Crippen MR) is 114 cm³/mol. The summed E-state index contributed by atoms with van der Waals surface area (Å²) in [5, 5.41) is 0. The Morgan fingerprint density at radius 1 is 1.07 bits per heavy atom. The molecule has 28 heavy (non-hydrogen) atoms. The molecule has 2 heterocycles. The number of likely N-dealkylation sites (tertiary alicyclic amines) is 1. The van der Waals surface area contributed by atoms with Crippen LogP contribution >= 0.6 is 0 Å². The first-order valence-electron chi connectivity index (χ1n) is 10.9. The van der Waals surface area contributed by atoms with E-state index in [0.29, 0.717) is 12.5 Å². The van der Waals surface area contributed by atoms with Crippen molar-refractivity contribution in [3.8, 4) is 0 Å². The molecule has 5 nitrogen and oxygen atoms in total. The van der Waals surface area contributed by atoms with E-state index in [1.807, 2.05) is 7.05 Å². The lowest BCUT2D eigenvalue weighted by Crippen LogP contribution is -2.55. The quantitative estimate of drug-likeness (QED) is 0.734. The van der Waals surface area contributed by atoms with Crippen molar-refractivity contribution >= 4 is 12.1 Å². The van der Waals surface area contributed by atoms with Gasteiger partial charge in [-0.3, -0.25) is 19.6 Å². The summed E-state index contributed by atoms with van der Waals surface area (Å²) in [4.78, 5) is 24.2. The molecule has 1 aromatic carbocycles. The SMILES string of the molecule is CN=CC1(c2ccccc2)CCN(CC(=O)N2CCN(C3CCC3)CC2)CC1. The molecular weight excluding hydrogens is 348 g/mol. The van der Waals surface area contributed by atoms with Crippen LogP contribution in [0, 0.1) is 0 Å². The number of carbonyl (C=O) groups is 1. The van der Waals surface area contributed by atoms with Crippen molar-refractivity contribution in [3.63, 3.8) is 0 Å². The number of hydrogen-bond donors (Lipinski definition) is 0. The van der Waals surface area contributed by atoms with E-state index < -0.39 is 0 Å². The Bertz CT molecular complexity index is 669. The zero-order chi connectivity index (χ0) is 19.4. The Morgan fingerprint density at radius 3 is 2.32 bits per heavy atom. The molecule has 1 aromatic rings. The fourth-order valence-electron chi connectivity index (χ4n) is 5.00. The standard InChI is InChI=1S/C23H34N4O/c1-24-19-23(20-6-3-2-4-7-20)10-12-25(13-11-23)18-22(28)27-16-14-26(15-17-27)21-8-5-9-21/h2-4,6-7,19,21H,5,8-18H2,1H3. The summed E-state index contributed by atoms with van der Waals surface area (Å²) in [6.45, 7) is 6.39. The van der Waals surface area contributed by atoms with Gasteiger partial charge in [-0.15, -0.1) is 0 Å². The van der Waals surface area contributed by atoms with E-state index in [1.165, 1.54) is 24.8 Å².